The van der Waals surface area contributed by atoms with Gasteiger partial charge < -0.3 is 5.11 Å². The average Bonchev–Trinajstić information content (AvgIpc) is 2.48. The summed E-state index contributed by atoms with van der Waals surface area (Å²) in [7, 11) is -2.35. The second kappa shape index (κ2) is 6.42. The van der Waals surface area contributed by atoms with E-state index in [-0.39, 0.29) is 11.3 Å². The standard InChI is InChI=1S/C17H26N2O3S/c1-13-10-19-7-6-18(12-23(21)22)11-15(19)9-17(13,2)14-4-3-5-16(20)8-14/h3-5,8,13,15,20,23H,6-7,9-12H2,1-2H3. The van der Waals surface area contributed by atoms with Crippen LogP contribution >= 0.6 is 0 Å². The number of phenolic OH excluding ortho intramolecular Hbond substituents is 1. The Kier molecular flexibility index (Phi) is 4.67. The van der Waals surface area contributed by atoms with E-state index in [1.54, 1.807) is 6.07 Å². The minimum atomic E-state index is -2.35. The van der Waals surface area contributed by atoms with Gasteiger partial charge in [0.2, 0.25) is 0 Å². The minimum Gasteiger partial charge on any atom is -0.508 e. The third-order valence-corrected chi connectivity index (χ3v) is 6.40. The fourth-order valence-corrected chi connectivity index (χ4v) is 4.77. The Balaban J connectivity index is 1.81. The molecule has 128 valence electrons. The Morgan fingerprint density at radius 1 is 1.30 bits per heavy atom. The van der Waals surface area contributed by atoms with E-state index in [2.05, 4.69) is 24.8 Å². The summed E-state index contributed by atoms with van der Waals surface area (Å²) in [6.07, 6.45) is 0.990. The van der Waals surface area contributed by atoms with Crippen LogP contribution in [0.15, 0.2) is 24.3 Å². The zero-order valence-corrected chi connectivity index (χ0v) is 14.7. The first-order valence-corrected chi connectivity index (χ1v) is 9.62. The molecule has 0 bridgehead atoms. The predicted molar refractivity (Wildman–Crippen MR) is 91.4 cm³/mol. The molecule has 2 saturated heterocycles. The zero-order valence-electron chi connectivity index (χ0n) is 13.8. The first-order valence-electron chi connectivity index (χ1n) is 8.26. The number of nitrogens with zero attached hydrogens (tertiary/aromatic N) is 2. The number of hydrogen-bond acceptors (Lipinski definition) is 5. The molecule has 0 aromatic heterocycles. The van der Waals surface area contributed by atoms with Gasteiger partial charge in [-0.3, -0.25) is 9.80 Å². The maximum absolute atomic E-state index is 11.0. The fourth-order valence-electron chi connectivity index (χ4n) is 4.19. The quantitative estimate of drug-likeness (QED) is 0.812. The Bertz CT molecular complexity index is 640. The monoisotopic (exact) mass is 338 g/mol. The van der Waals surface area contributed by atoms with Crippen molar-refractivity contribution in [3.05, 3.63) is 29.8 Å². The molecule has 2 heterocycles. The van der Waals surface area contributed by atoms with Crippen LogP contribution < -0.4 is 0 Å². The van der Waals surface area contributed by atoms with Crippen LogP contribution in [0, 0.1) is 5.92 Å². The van der Waals surface area contributed by atoms with Gasteiger partial charge in [0, 0.05) is 32.2 Å². The number of hydrogen-bond donors (Lipinski definition) is 2. The number of piperazine rings is 1. The Labute approximate surface area is 139 Å². The molecule has 2 aliphatic rings. The smallest absolute Gasteiger partial charge is 0.153 e. The molecular formula is C17H26N2O3S. The Morgan fingerprint density at radius 2 is 2.09 bits per heavy atom. The van der Waals surface area contributed by atoms with Crippen molar-refractivity contribution in [1.82, 2.24) is 9.80 Å². The van der Waals surface area contributed by atoms with Gasteiger partial charge in [-0.05, 0) is 35.4 Å². The number of phenols is 1. The Morgan fingerprint density at radius 3 is 2.78 bits per heavy atom. The van der Waals surface area contributed by atoms with Crippen LogP contribution in [0.25, 0.3) is 0 Å². The molecule has 2 fully saturated rings. The van der Waals surface area contributed by atoms with Crippen LogP contribution in [0.1, 0.15) is 25.8 Å². The molecule has 6 heteroatoms. The van der Waals surface area contributed by atoms with Crippen molar-refractivity contribution in [2.45, 2.75) is 31.7 Å². The van der Waals surface area contributed by atoms with E-state index in [0.29, 0.717) is 17.7 Å². The van der Waals surface area contributed by atoms with E-state index in [1.807, 2.05) is 17.0 Å². The van der Waals surface area contributed by atoms with Gasteiger partial charge in [0.25, 0.3) is 0 Å². The number of thiol groups is 1. The molecule has 0 radical (unpaired) electrons. The molecule has 2 aliphatic heterocycles. The van der Waals surface area contributed by atoms with E-state index in [0.717, 1.165) is 32.6 Å². The van der Waals surface area contributed by atoms with E-state index in [4.69, 9.17) is 0 Å². The van der Waals surface area contributed by atoms with Crippen molar-refractivity contribution < 1.29 is 13.5 Å². The molecule has 3 atom stereocenters. The maximum Gasteiger partial charge on any atom is 0.153 e. The van der Waals surface area contributed by atoms with Crippen LogP contribution in [0.2, 0.25) is 0 Å². The summed E-state index contributed by atoms with van der Waals surface area (Å²) in [6.45, 7) is 8.15. The molecule has 0 aliphatic carbocycles. The normalized spacial score (nSPS) is 32.8. The van der Waals surface area contributed by atoms with Crippen molar-refractivity contribution in [3.63, 3.8) is 0 Å². The lowest BCUT2D eigenvalue weighted by Crippen LogP contribution is -2.61. The summed E-state index contributed by atoms with van der Waals surface area (Å²) in [5.74, 6) is 0.966. The Hall–Kier alpha value is -1.11. The van der Waals surface area contributed by atoms with Gasteiger partial charge in [0.1, 0.15) is 5.75 Å². The third kappa shape index (κ3) is 3.39. The summed E-state index contributed by atoms with van der Waals surface area (Å²) in [4.78, 5) is 4.55. The second-order valence-electron chi connectivity index (χ2n) is 7.27. The zero-order chi connectivity index (χ0) is 16.6. The maximum atomic E-state index is 11.0. The molecule has 0 spiro atoms. The first kappa shape index (κ1) is 16.7. The van der Waals surface area contributed by atoms with E-state index >= 15 is 0 Å². The van der Waals surface area contributed by atoms with E-state index in [9.17, 15) is 13.5 Å². The van der Waals surface area contributed by atoms with Crippen molar-refractivity contribution in [3.8, 4) is 5.75 Å². The van der Waals surface area contributed by atoms with Crippen LogP contribution in [0.3, 0.4) is 0 Å². The van der Waals surface area contributed by atoms with Gasteiger partial charge in [0.15, 0.2) is 10.7 Å². The van der Waals surface area contributed by atoms with Crippen LogP contribution in [-0.4, -0.2) is 61.4 Å². The summed E-state index contributed by atoms with van der Waals surface area (Å²) in [5.41, 5.74) is 1.18. The lowest BCUT2D eigenvalue weighted by Gasteiger charge is -2.53. The second-order valence-corrected chi connectivity index (χ2v) is 8.22. The lowest BCUT2D eigenvalue weighted by molar-refractivity contribution is 0.00227. The van der Waals surface area contributed by atoms with Crippen LogP contribution in [-0.2, 0) is 16.1 Å². The van der Waals surface area contributed by atoms with Crippen LogP contribution in [0.4, 0.5) is 0 Å². The van der Waals surface area contributed by atoms with E-state index in [1.165, 1.54) is 5.56 Å². The van der Waals surface area contributed by atoms with E-state index < -0.39 is 10.7 Å². The summed E-state index contributed by atoms with van der Waals surface area (Å²) < 4.78 is 22.0. The minimum absolute atomic E-state index is 0.00256. The highest BCUT2D eigenvalue weighted by molar-refractivity contribution is 7.72. The molecule has 1 aromatic rings. The number of rotatable bonds is 3. The van der Waals surface area contributed by atoms with Gasteiger partial charge in [-0.25, -0.2) is 8.42 Å². The topological polar surface area (TPSA) is 60.9 Å². The molecular weight excluding hydrogens is 312 g/mol. The number of fused-ring (bicyclic) bond motifs is 1. The van der Waals surface area contributed by atoms with Gasteiger partial charge in [-0.2, -0.15) is 0 Å². The molecule has 1 N–H and O–H groups in total. The highest BCUT2D eigenvalue weighted by Gasteiger charge is 2.44. The molecule has 3 rings (SSSR count). The largest absolute Gasteiger partial charge is 0.508 e. The van der Waals surface area contributed by atoms with Crippen molar-refractivity contribution in [2.75, 3.05) is 32.1 Å². The van der Waals surface area contributed by atoms with Crippen LogP contribution in [0.5, 0.6) is 5.75 Å². The highest BCUT2D eigenvalue weighted by atomic mass is 32.2. The summed E-state index contributed by atoms with van der Waals surface area (Å²) in [6, 6.07) is 7.97. The van der Waals surface area contributed by atoms with Crippen molar-refractivity contribution in [2.24, 2.45) is 5.92 Å². The van der Waals surface area contributed by atoms with Gasteiger partial charge in [-0.1, -0.05) is 26.0 Å². The first-order chi connectivity index (χ1) is 10.9. The average molecular weight is 338 g/mol. The molecule has 23 heavy (non-hydrogen) atoms. The van der Waals surface area contributed by atoms with Gasteiger partial charge in [0.05, 0.1) is 5.88 Å². The number of benzene rings is 1. The van der Waals surface area contributed by atoms with Crippen molar-refractivity contribution >= 4 is 10.7 Å². The SMILES string of the molecule is CC1CN2CCN(C[SH](=O)=O)CC2CC1(C)c1cccc(O)c1. The van der Waals surface area contributed by atoms with Gasteiger partial charge in [-0.15, -0.1) is 0 Å². The molecule has 0 amide bonds. The third-order valence-electron chi connectivity index (χ3n) is 5.77. The van der Waals surface area contributed by atoms with Gasteiger partial charge >= 0.3 is 0 Å². The molecule has 3 unspecified atom stereocenters. The highest BCUT2D eigenvalue weighted by Crippen LogP contribution is 2.43. The molecule has 1 aromatic carbocycles. The van der Waals surface area contributed by atoms with Crippen molar-refractivity contribution in [1.29, 1.82) is 0 Å². The lowest BCUT2D eigenvalue weighted by atomic mass is 9.65. The summed E-state index contributed by atoms with van der Waals surface area (Å²) >= 11 is 0. The molecule has 5 nitrogen and oxygen atoms in total. The number of piperidine rings is 1. The molecule has 0 saturated carbocycles. The summed E-state index contributed by atoms with van der Waals surface area (Å²) in [5, 5.41) is 9.83. The fraction of sp³-hybridized carbons (Fsp3) is 0.647. The number of aromatic hydroxyl groups is 1. The predicted octanol–water partition coefficient (Wildman–Crippen LogP) is 1.24.